The van der Waals surface area contributed by atoms with Crippen molar-refractivity contribution in [3.05, 3.63) is 0 Å². The van der Waals surface area contributed by atoms with E-state index < -0.39 is 12.4 Å². The first-order chi connectivity index (χ1) is 10.7. The highest BCUT2D eigenvalue weighted by Gasteiger charge is 2.42. The molecule has 7 heteroatoms. The van der Waals surface area contributed by atoms with Crippen LogP contribution in [-0.2, 0) is 28.5 Å². The molecule has 23 heavy (non-hydrogen) atoms. The molecular weight excluding hydrogens is 320 g/mol. The second kappa shape index (κ2) is 9.49. The smallest absolute Gasteiger partial charge is 0.303 e. The van der Waals surface area contributed by atoms with Gasteiger partial charge in [-0.25, -0.2) is 0 Å². The van der Waals surface area contributed by atoms with Gasteiger partial charge >= 0.3 is 11.9 Å². The minimum Gasteiger partial charge on any atom is -0.463 e. The zero-order valence-electron chi connectivity index (χ0n) is 14.7. The number of carbonyl (C=O) groups is 2. The minimum atomic E-state index is -0.650. The first kappa shape index (κ1) is 20.3. The lowest BCUT2D eigenvalue weighted by Gasteiger charge is -2.41. The molecule has 0 bridgehead atoms. The lowest BCUT2D eigenvalue weighted by atomic mass is 10.1. The molecule has 0 aliphatic carbocycles. The van der Waals surface area contributed by atoms with Gasteiger partial charge in [0.05, 0.1) is 6.10 Å². The topological polar surface area (TPSA) is 71.1 Å². The van der Waals surface area contributed by atoms with Crippen LogP contribution in [-0.4, -0.2) is 53.6 Å². The summed E-state index contributed by atoms with van der Waals surface area (Å²) in [5, 5.41) is 0.440. The van der Waals surface area contributed by atoms with Gasteiger partial charge in [-0.05, 0) is 19.1 Å². The Hall–Kier alpha value is -0.790. The second-order valence-corrected chi connectivity index (χ2v) is 7.96. The first-order valence-electron chi connectivity index (χ1n) is 7.96. The van der Waals surface area contributed by atoms with Crippen molar-refractivity contribution in [2.24, 2.45) is 0 Å². The monoisotopic (exact) mass is 348 g/mol. The van der Waals surface area contributed by atoms with Crippen LogP contribution in [0, 0.1) is 0 Å². The van der Waals surface area contributed by atoms with Crippen molar-refractivity contribution in [1.29, 1.82) is 0 Å². The summed E-state index contributed by atoms with van der Waals surface area (Å²) in [5.74, 6) is -0.701. The van der Waals surface area contributed by atoms with E-state index in [0.717, 1.165) is 0 Å². The molecule has 1 aliphatic heterocycles. The number of rotatable bonds is 7. The van der Waals surface area contributed by atoms with Gasteiger partial charge < -0.3 is 18.9 Å². The average molecular weight is 348 g/mol. The van der Waals surface area contributed by atoms with Crippen LogP contribution in [0.3, 0.4) is 0 Å². The molecule has 0 saturated carbocycles. The molecule has 0 amide bonds. The molecule has 1 fully saturated rings. The van der Waals surface area contributed by atoms with E-state index in [0.29, 0.717) is 11.7 Å². The van der Waals surface area contributed by atoms with Gasteiger partial charge in [0.15, 0.2) is 12.4 Å². The Bertz CT molecular complexity index is 398. The highest BCUT2D eigenvalue weighted by Crippen LogP contribution is 2.34. The van der Waals surface area contributed by atoms with Gasteiger partial charge in [-0.3, -0.25) is 9.59 Å². The molecule has 0 aromatic heterocycles. The van der Waals surface area contributed by atoms with Crippen molar-refractivity contribution in [3.63, 3.8) is 0 Å². The molecule has 0 unspecified atom stereocenters. The molecule has 1 rings (SSSR count). The largest absolute Gasteiger partial charge is 0.463 e. The van der Waals surface area contributed by atoms with Crippen LogP contribution in [0.25, 0.3) is 0 Å². The van der Waals surface area contributed by atoms with Gasteiger partial charge in [0, 0.05) is 25.5 Å². The maximum absolute atomic E-state index is 11.4. The van der Waals surface area contributed by atoms with Crippen molar-refractivity contribution < 1.29 is 28.5 Å². The van der Waals surface area contributed by atoms with Gasteiger partial charge in [0.1, 0.15) is 12.7 Å². The SMILES string of the molecule is CC(=O)OC[C@H]1O[C@H](OC(C)C)[C@H](OC(C)=O)C[C@H]1SC(C)C. The Morgan fingerprint density at radius 3 is 2.30 bits per heavy atom. The zero-order chi connectivity index (χ0) is 17.6. The van der Waals surface area contributed by atoms with Crippen LogP contribution in [0.4, 0.5) is 0 Å². The molecule has 0 N–H and O–H groups in total. The fraction of sp³-hybridized carbons (Fsp3) is 0.875. The maximum Gasteiger partial charge on any atom is 0.303 e. The molecule has 1 aliphatic rings. The van der Waals surface area contributed by atoms with Crippen molar-refractivity contribution >= 4 is 23.7 Å². The molecule has 1 heterocycles. The summed E-state index contributed by atoms with van der Waals surface area (Å²) in [6.07, 6.45) is -0.863. The van der Waals surface area contributed by atoms with E-state index in [9.17, 15) is 9.59 Å². The Morgan fingerprint density at radius 2 is 1.83 bits per heavy atom. The second-order valence-electron chi connectivity index (χ2n) is 6.14. The first-order valence-corrected chi connectivity index (χ1v) is 8.90. The van der Waals surface area contributed by atoms with E-state index in [1.54, 1.807) is 11.8 Å². The van der Waals surface area contributed by atoms with E-state index in [1.807, 2.05) is 13.8 Å². The summed E-state index contributed by atoms with van der Waals surface area (Å²) in [7, 11) is 0. The van der Waals surface area contributed by atoms with Gasteiger partial charge in [-0.1, -0.05) is 13.8 Å². The number of thioether (sulfide) groups is 1. The van der Waals surface area contributed by atoms with Crippen LogP contribution < -0.4 is 0 Å². The summed E-state index contributed by atoms with van der Waals surface area (Å²) in [6, 6.07) is 0. The predicted molar refractivity (Wildman–Crippen MR) is 88.2 cm³/mol. The summed E-state index contributed by atoms with van der Waals surface area (Å²) in [4.78, 5) is 22.5. The van der Waals surface area contributed by atoms with Crippen LogP contribution in [0.2, 0.25) is 0 Å². The van der Waals surface area contributed by atoms with Crippen LogP contribution in [0.1, 0.15) is 48.0 Å². The molecule has 134 valence electrons. The quantitative estimate of drug-likeness (QED) is 0.655. The van der Waals surface area contributed by atoms with E-state index in [1.165, 1.54) is 13.8 Å². The van der Waals surface area contributed by atoms with Crippen molar-refractivity contribution in [2.45, 2.75) is 83.1 Å². The normalized spacial score (nSPS) is 28.0. The summed E-state index contributed by atoms with van der Waals surface area (Å²) >= 11 is 1.72. The van der Waals surface area contributed by atoms with Crippen molar-refractivity contribution in [1.82, 2.24) is 0 Å². The lowest BCUT2D eigenvalue weighted by Crippen LogP contribution is -2.51. The fourth-order valence-corrected chi connectivity index (χ4v) is 3.70. The molecular formula is C16H28O6S. The summed E-state index contributed by atoms with van der Waals surface area (Å²) < 4.78 is 22.2. The number of esters is 2. The number of hydrogen-bond donors (Lipinski definition) is 0. The Balaban J connectivity index is 2.85. The highest BCUT2D eigenvalue weighted by molar-refractivity contribution is 8.00. The van der Waals surface area contributed by atoms with Crippen molar-refractivity contribution in [2.75, 3.05) is 6.61 Å². The van der Waals surface area contributed by atoms with E-state index in [2.05, 4.69) is 13.8 Å². The third-order valence-corrected chi connectivity index (χ3v) is 4.50. The van der Waals surface area contributed by atoms with Crippen molar-refractivity contribution in [3.8, 4) is 0 Å². The van der Waals surface area contributed by atoms with Gasteiger partial charge in [0.2, 0.25) is 0 Å². The zero-order valence-corrected chi connectivity index (χ0v) is 15.6. The molecule has 0 spiro atoms. The third kappa shape index (κ3) is 7.54. The molecule has 4 atom stereocenters. The van der Waals surface area contributed by atoms with Gasteiger partial charge in [-0.2, -0.15) is 11.8 Å². The third-order valence-electron chi connectivity index (χ3n) is 3.11. The van der Waals surface area contributed by atoms with Crippen LogP contribution in [0.5, 0.6) is 0 Å². The minimum absolute atomic E-state index is 0.0608. The highest BCUT2D eigenvalue weighted by atomic mass is 32.2. The number of ether oxygens (including phenoxy) is 4. The molecule has 0 aromatic rings. The Kier molecular flexibility index (Phi) is 8.36. The van der Waals surface area contributed by atoms with E-state index >= 15 is 0 Å². The average Bonchev–Trinajstić information content (AvgIpc) is 2.38. The fourth-order valence-electron chi connectivity index (χ4n) is 2.38. The molecule has 1 saturated heterocycles. The standard InChI is InChI=1S/C16H28O6S/c1-9(2)20-16-13(21-12(6)18)7-15(23-10(3)4)14(22-16)8-19-11(5)17/h9-10,13-16H,7-8H2,1-6H3/t13-,14-,15-,16+/m1/s1. The van der Waals surface area contributed by atoms with Gasteiger partial charge in [0.25, 0.3) is 0 Å². The van der Waals surface area contributed by atoms with Crippen LogP contribution in [0.15, 0.2) is 0 Å². The van der Waals surface area contributed by atoms with Crippen LogP contribution >= 0.6 is 11.8 Å². The maximum atomic E-state index is 11.4. The lowest BCUT2D eigenvalue weighted by molar-refractivity contribution is -0.261. The molecule has 0 radical (unpaired) electrons. The molecule has 0 aromatic carbocycles. The van der Waals surface area contributed by atoms with E-state index in [-0.39, 0.29) is 36.0 Å². The Labute approximate surface area is 142 Å². The van der Waals surface area contributed by atoms with E-state index in [4.69, 9.17) is 18.9 Å². The predicted octanol–water partition coefficient (Wildman–Crippen LogP) is 2.53. The van der Waals surface area contributed by atoms with Gasteiger partial charge in [-0.15, -0.1) is 0 Å². The molecule has 6 nitrogen and oxygen atoms in total. The summed E-state index contributed by atoms with van der Waals surface area (Å²) in [6.45, 7) is 10.9. The number of carbonyl (C=O) groups excluding carboxylic acids is 2. The summed E-state index contributed by atoms with van der Waals surface area (Å²) in [5.41, 5.74) is 0. The number of hydrogen-bond acceptors (Lipinski definition) is 7. The Morgan fingerprint density at radius 1 is 1.17 bits per heavy atom.